The van der Waals surface area contributed by atoms with E-state index in [1.165, 1.54) is 0 Å². The van der Waals surface area contributed by atoms with E-state index in [1.807, 2.05) is 31.7 Å². The third-order valence-electron chi connectivity index (χ3n) is 5.17. The second-order valence-electron chi connectivity index (χ2n) is 8.48. The lowest BCUT2D eigenvalue weighted by atomic mass is 10.1. The van der Waals surface area contributed by atoms with Gasteiger partial charge in [0.2, 0.25) is 5.28 Å². The normalized spacial score (nSPS) is 18.4. The van der Waals surface area contributed by atoms with Gasteiger partial charge in [-0.05, 0) is 89.8 Å². The molecule has 0 atom stereocenters. The number of carbonyl (C=O) groups excluding carboxylic acids is 1. The summed E-state index contributed by atoms with van der Waals surface area (Å²) in [6.45, 7) is 7.26. The molecule has 1 aliphatic heterocycles. The Hall–Kier alpha value is -0.940. The van der Waals surface area contributed by atoms with Crippen LogP contribution in [0.2, 0.25) is 5.28 Å². The van der Waals surface area contributed by atoms with Crippen LogP contribution in [0, 0.1) is 9.39 Å². The topological polar surface area (TPSA) is 58.6 Å². The minimum atomic E-state index is -0.539. The van der Waals surface area contributed by atoms with Crippen molar-refractivity contribution in [3.8, 4) is 0 Å². The van der Waals surface area contributed by atoms with Crippen molar-refractivity contribution in [3.63, 3.8) is 0 Å². The first kappa shape index (κ1) is 21.3. The van der Waals surface area contributed by atoms with Crippen LogP contribution in [-0.2, 0) is 4.74 Å². The number of hydrogen-bond acceptors (Lipinski definition) is 5. The summed E-state index contributed by atoms with van der Waals surface area (Å²) in [5.74, 6) is 0.144. The van der Waals surface area contributed by atoms with Crippen molar-refractivity contribution in [1.82, 2.24) is 14.9 Å². The van der Waals surface area contributed by atoms with Crippen LogP contribution in [0.3, 0.4) is 0 Å². The number of nitrogens with zero attached hydrogens (tertiary/aromatic N) is 4. The van der Waals surface area contributed by atoms with Gasteiger partial charge < -0.3 is 9.64 Å². The lowest BCUT2D eigenvalue weighted by molar-refractivity contribution is 0.0106. The van der Waals surface area contributed by atoms with Gasteiger partial charge in [-0.2, -0.15) is 4.98 Å². The molecule has 0 N–H and O–H groups in total. The molecule has 1 aromatic carbocycles. The van der Waals surface area contributed by atoms with E-state index in [0.717, 1.165) is 16.4 Å². The molecule has 29 heavy (non-hydrogen) atoms. The molecule has 0 radical (unpaired) electrons. The number of anilines is 1. The number of rotatable bonds is 1. The third-order valence-corrected chi connectivity index (χ3v) is 7.71. The molecule has 10 heteroatoms. The van der Waals surface area contributed by atoms with Crippen LogP contribution in [0.1, 0.15) is 33.6 Å². The van der Waals surface area contributed by atoms with E-state index in [0.29, 0.717) is 35.3 Å². The summed E-state index contributed by atoms with van der Waals surface area (Å²) in [6, 6.07) is 1.86. The maximum Gasteiger partial charge on any atom is 0.410 e. The highest BCUT2D eigenvalue weighted by atomic mass is 127. The number of carbonyl (C=O) groups is 1. The van der Waals surface area contributed by atoms with Crippen molar-refractivity contribution in [3.05, 3.63) is 25.2 Å². The molecule has 2 aromatic rings. The van der Waals surface area contributed by atoms with Gasteiger partial charge in [0.25, 0.3) is 0 Å². The number of hydrogen-bond donors (Lipinski definition) is 0. The molecule has 1 aromatic heterocycles. The maximum atomic E-state index is 14.8. The molecule has 0 bridgehead atoms. The van der Waals surface area contributed by atoms with Gasteiger partial charge in [0, 0.05) is 28.6 Å². The summed E-state index contributed by atoms with van der Waals surface area (Å²) >= 11 is 11.5. The molecule has 1 saturated carbocycles. The lowest BCUT2D eigenvalue weighted by Gasteiger charge is -2.43. The Morgan fingerprint density at radius 2 is 2.03 bits per heavy atom. The van der Waals surface area contributed by atoms with E-state index in [9.17, 15) is 9.18 Å². The van der Waals surface area contributed by atoms with Crippen molar-refractivity contribution in [2.75, 3.05) is 24.5 Å². The summed E-state index contributed by atoms with van der Waals surface area (Å²) < 4.78 is 21.5. The Morgan fingerprint density at radius 1 is 1.34 bits per heavy atom. The number of piperazine rings is 1. The molecule has 1 saturated heterocycles. The van der Waals surface area contributed by atoms with E-state index >= 15 is 0 Å². The Kier molecular flexibility index (Phi) is 5.39. The van der Waals surface area contributed by atoms with Gasteiger partial charge in [0.1, 0.15) is 16.9 Å². The summed E-state index contributed by atoms with van der Waals surface area (Å²) in [7, 11) is 0. The number of halogens is 4. The quantitative estimate of drug-likeness (QED) is 0.251. The number of benzene rings is 1. The van der Waals surface area contributed by atoms with Crippen molar-refractivity contribution < 1.29 is 13.9 Å². The molecular formula is C19H20BrClFIN4O2. The number of aromatic nitrogens is 2. The monoisotopic (exact) mass is 596 g/mol. The van der Waals surface area contributed by atoms with E-state index in [1.54, 1.807) is 0 Å². The molecule has 2 fully saturated rings. The van der Waals surface area contributed by atoms with Crippen molar-refractivity contribution in [2.24, 2.45) is 0 Å². The van der Waals surface area contributed by atoms with Crippen molar-refractivity contribution >= 4 is 72.9 Å². The Bertz CT molecular complexity index is 1010. The van der Waals surface area contributed by atoms with Crippen LogP contribution >= 0.6 is 50.1 Å². The number of ether oxygens (including phenoxy) is 1. The molecule has 0 unspecified atom stereocenters. The van der Waals surface area contributed by atoms with Crippen molar-refractivity contribution in [1.29, 1.82) is 0 Å². The average Bonchev–Trinajstić information content (AvgIpc) is 3.37. The zero-order valence-electron chi connectivity index (χ0n) is 16.2. The van der Waals surface area contributed by atoms with Gasteiger partial charge in [-0.1, -0.05) is 0 Å². The zero-order valence-corrected chi connectivity index (χ0v) is 20.7. The molecule has 4 rings (SSSR count). The summed E-state index contributed by atoms with van der Waals surface area (Å²) in [6.07, 6.45) is 1.51. The van der Waals surface area contributed by atoms with Gasteiger partial charge in [-0.3, -0.25) is 4.90 Å². The molecule has 1 aliphatic carbocycles. The molecule has 2 aliphatic rings. The van der Waals surface area contributed by atoms with E-state index in [4.69, 9.17) is 16.3 Å². The number of amides is 1. The van der Waals surface area contributed by atoms with Crippen LogP contribution < -0.4 is 4.90 Å². The van der Waals surface area contributed by atoms with Gasteiger partial charge in [-0.25, -0.2) is 14.2 Å². The van der Waals surface area contributed by atoms with Crippen LogP contribution in [-0.4, -0.2) is 51.7 Å². The zero-order chi connectivity index (χ0) is 21.1. The fourth-order valence-corrected chi connectivity index (χ4v) is 4.72. The van der Waals surface area contributed by atoms with Crippen LogP contribution in [0.4, 0.5) is 15.0 Å². The maximum absolute atomic E-state index is 14.8. The summed E-state index contributed by atoms with van der Waals surface area (Å²) in [4.78, 5) is 25.1. The predicted octanol–water partition coefficient (Wildman–Crippen LogP) is 5.38. The minimum Gasteiger partial charge on any atom is -0.444 e. The van der Waals surface area contributed by atoms with Crippen molar-refractivity contribution in [2.45, 2.75) is 44.8 Å². The van der Waals surface area contributed by atoms with Crippen LogP contribution in [0.5, 0.6) is 0 Å². The average molecular weight is 598 g/mol. The molecule has 156 valence electrons. The Balaban J connectivity index is 1.68. The van der Waals surface area contributed by atoms with Gasteiger partial charge in [0.05, 0.1) is 10.0 Å². The SMILES string of the molecule is CC(C)(C)OC(=O)N1CCN(c2nc(Cl)nc3c(F)c(Br)c(I)cc23)CC12CC2. The molecule has 1 amide bonds. The Morgan fingerprint density at radius 3 is 2.66 bits per heavy atom. The first-order valence-corrected chi connectivity index (χ1v) is 11.5. The van der Waals surface area contributed by atoms with E-state index in [2.05, 4.69) is 53.4 Å². The second kappa shape index (κ2) is 7.33. The largest absolute Gasteiger partial charge is 0.444 e. The first-order chi connectivity index (χ1) is 13.5. The molecule has 2 heterocycles. The highest BCUT2D eigenvalue weighted by molar-refractivity contribution is 14.1. The summed E-state index contributed by atoms with van der Waals surface area (Å²) in [5, 5.41) is 0.611. The molecule has 6 nitrogen and oxygen atoms in total. The fraction of sp³-hybridized carbons (Fsp3) is 0.526. The Labute approximate surface area is 195 Å². The summed E-state index contributed by atoms with van der Waals surface area (Å²) in [5.41, 5.74) is -0.625. The first-order valence-electron chi connectivity index (χ1n) is 9.27. The smallest absolute Gasteiger partial charge is 0.410 e. The van der Waals surface area contributed by atoms with E-state index < -0.39 is 11.4 Å². The lowest BCUT2D eigenvalue weighted by Crippen LogP contribution is -2.58. The standard InChI is InChI=1S/C19H20BrClFIN4O2/c1-18(2,3)29-17(28)27-7-6-26(9-19(27)4-5-19)15-10-8-11(23)12(20)13(22)14(10)24-16(21)25-15/h8H,4-7,9H2,1-3H3. The van der Waals surface area contributed by atoms with Gasteiger partial charge in [-0.15, -0.1) is 0 Å². The minimum absolute atomic E-state index is 0.000994. The van der Waals surface area contributed by atoms with Crippen LogP contribution in [0.25, 0.3) is 10.9 Å². The van der Waals surface area contributed by atoms with Crippen LogP contribution in [0.15, 0.2) is 10.5 Å². The highest BCUT2D eigenvalue weighted by Crippen LogP contribution is 2.46. The van der Waals surface area contributed by atoms with Gasteiger partial charge >= 0.3 is 6.09 Å². The second-order valence-corrected chi connectivity index (χ2v) is 10.8. The third kappa shape index (κ3) is 4.01. The number of fused-ring (bicyclic) bond motifs is 1. The predicted molar refractivity (Wildman–Crippen MR) is 122 cm³/mol. The highest BCUT2D eigenvalue weighted by Gasteiger charge is 2.54. The fourth-order valence-electron chi connectivity index (χ4n) is 3.70. The van der Waals surface area contributed by atoms with E-state index in [-0.39, 0.29) is 22.4 Å². The molecular weight excluding hydrogens is 577 g/mol. The van der Waals surface area contributed by atoms with Gasteiger partial charge in [0.15, 0.2) is 5.82 Å². The molecule has 1 spiro atoms.